The zero-order valence-electron chi connectivity index (χ0n) is 17.1. The Morgan fingerprint density at radius 3 is 2.33 bits per heavy atom. The van der Waals surface area contributed by atoms with Gasteiger partial charge in [-0.2, -0.15) is 5.10 Å². The van der Waals surface area contributed by atoms with E-state index in [4.69, 9.17) is 5.10 Å². The fourth-order valence-corrected chi connectivity index (χ4v) is 2.77. The van der Waals surface area contributed by atoms with Crippen molar-refractivity contribution in [1.29, 1.82) is 0 Å². The molecule has 2 N–H and O–H groups in total. The van der Waals surface area contributed by atoms with Crippen LogP contribution in [0.3, 0.4) is 0 Å². The van der Waals surface area contributed by atoms with Crippen LogP contribution in [-0.2, 0) is 9.59 Å². The standard InChI is InChI=1S/C23H25N5O2/c1-27(2)16-15-22(30)25-24-21(29)14-13-19-17-28(20-11-7-4-8-12-20)26-23(19)18-9-5-3-6-10-18/h3-14,17H,15-16H2,1-2H3,(H,24,29)(H,25,30)/b14-13+. The second kappa shape index (κ2) is 10.2. The fraction of sp³-hybridized carbons (Fsp3) is 0.174. The summed E-state index contributed by atoms with van der Waals surface area (Å²) >= 11 is 0. The van der Waals surface area contributed by atoms with Gasteiger partial charge < -0.3 is 4.90 Å². The number of hydrogen-bond acceptors (Lipinski definition) is 4. The first kappa shape index (κ1) is 21.0. The number of nitrogens with one attached hydrogen (secondary N) is 2. The molecule has 1 heterocycles. The van der Waals surface area contributed by atoms with Gasteiger partial charge in [0.2, 0.25) is 5.91 Å². The van der Waals surface area contributed by atoms with Crippen LogP contribution >= 0.6 is 0 Å². The van der Waals surface area contributed by atoms with Crippen molar-refractivity contribution in [2.24, 2.45) is 0 Å². The fourth-order valence-electron chi connectivity index (χ4n) is 2.77. The van der Waals surface area contributed by atoms with E-state index in [2.05, 4.69) is 10.9 Å². The summed E-state index contributed by atoms with van der Waals surface area (Å²) in [7, 11) is 3.77. The van der Waals surface area contributed by atoms with Crippen molar-refractivity contribution in [2.45, 2.75) is 6.42 Å². The Hall–Kier alpha value is -3.71. The minimum atomic E-state index is -0.417. The number of para-hydroxylation sites is 1. The van der Waals surface area contributed by atoms with E-state index in [-0.39, 0.29) is 5.91 Å². The highest BCUT2D eigenvalue weighted by molar-refractivity contribution is 5.94. The minimum Gasteiger partial charge on any atom is -0.309 e. The van der Waals surface area contributed by atoms with E-state index < -0.39 is 5.91 Å². The van der Waals surface area contributed by atoms with E-state index in [9.17, 15) is 9.59 Å². The minimum absolute atomic E-state index is 0.243. The quantitative estimate of drug-likeness (QED) is 0.470. The van der Waals surface area contributed by atoms with Gasteiger partial charge in [0.05, 0.1) is 11.4 Å². The lowest BCUT2D eigenvalue weighted by atomic mass is 10.1. The lowest BCUT2D eigenvalue weighted by Crippen LogP contribution is -2.41. The van der Waals surface area contributed by atoms with Crippen molar-refractivity contribution in [3.05, 3.63) is 78.5 Å². The molecule has 0 spiro atoms. The highest BCUT2D eigenvalue weighted by atomic mass is 16.2. The van der Waals surface area contributed by atoms with Crippen LogP contribution < -0.4 is 10.9 Å². The number of benzene rings is 2. The molecular formula is C23H25N5O2. The highest BCUT2D eigenvalue weighted by Crippen LogP contribution is 2.24. The Balaban J connectivity index is 1.75. The van der Waals surface area contributed by atoms with Crippen molar-refractivity contribution < 1.29 is 9.59 Å². The normalized spacial score (nSPS) is 11.0. The molecule has 1 aromatic heterocycles. The molecule has 7 heteroatoms. The number of hydrazine groups is 1. The van der Waals surface area contributed by atoms with Crippen LogP contribution in [-0.4, -0.2) is 47.1 Å². The first-order chi connectivity index (χ1) is 14.5. The third-order valence-electron chi connectivity index (χ3n) is 4.34. The molecule has 0 atom stereocenters. The molecule has 0 radical (unpaired) electrons. The van der Waals surface area contributed by atoms with Crippen molar-refractivity contribution in [2.75, 3.05) is 20.6 Å². The van der Waals surface area contributed by atoms with Crippen LogP contribution in [0.4, 0.5) is 0 Å². The van der Waals surface area contributed by atoms with Gasteiger partial charge in [0, 0.05) is 36.4 Å². The van der Waals surface area contributed by atoms with Crippen LogP contribution in [0.15, 0.2) is 72.9 Å². The van der Waals surface area contributed by atoms with E-state index in [0.717, 1.165) is 22.5 Å². The maximum absolute atomic E-state index is 12.1. The molecule has 30 heavy (non-hydrogen) atoms. The van der Waals surface area contributed by atoms with Gasteiger partial charge in [-0.15, -0.1) is 0 Å². The molecule has 3 rings (SSSR count). The summed E-state index contributed by atoms with van der Waals surface area (Å²) in [5.74, 6) is -0.660. The van der Waals surface area contributed by atoms with E-state index in [1.165, 1.54) is 6.08 Å². The molecule has 3 aromatic rings. The molecule has 0 saturated carbocycles. The summed E-state index contributed by atoms with van der Waals surface area (Å²) in [5.41, 5.74) is 8.24. The van der Waals surface area contributed by atoms with Gasteiger partial charge in [-0.25, -0.2) is 4.68 Å². The van der Waals surface area contributed by atoms with Gasteiger partial charge >= 0.3 is 0 Å². The van der Waals surface area contributed by atoms with Crippen molar-refractivity contribution >= 4 is 17.9 Å². The van der Waals surface area contributed by atoms with Crippen molar-refractivity contribution in [3.8, 4) is 16.9 Å². The number of hydrogen-bond donors (Lipinski definition) is 2. The topological polar surface area (TPSA) is 79.3 Å². The molecule has 0 fully saturated rings. The highest BCUT2D eigenvalue weighted by Gasteiger charge is 2.11. The Morgan fingerprint density at radius 2 is 1.67 bits per heavy atom. The van der Waals surface area contributed by atoms with Crippen LogP contribution in [0.5, 0.6) is 0 Å². The Kier molecular flexibility index (Phi) is 7.13. The van der Waals surface area contributed by atoms with E-state index in [1.807, 2.05) is 85.9 Å². The van der Waals surface area contributed by atoms with Crippen LogP contribution in [0, 0.1) is 0 Å². The zero-order valence-corrected chi connectivity index (χ0v) is 17.1. The second-order valence-electron chi connectivity index (χ2n) is 7.00. The average molecular weight is 403 g/mol. The van der Waals surface area contributed by atoms with Crippen molar-refractivity contribution in [3.63, 3.8) is 0 Å². The SMILES string of the molecule is CN(C)CCC(=O)NNC(=O)/C=C/c1cn(-c2ccccc2)nc1-c1ccccc1. The predicted molar refractivity (Wildman–Crippen MR) is 117 cm³/mol. The van der Waals surface area contributed by atoms with Gasteiger partial charge in [-0.1, -0.05) is 48.5 Å². The number of rotatable bonds is 7. The molecule has 7 nitrogen and oxygen atoms in total. The molecule has 0 aliphatic carbocycles. The molecular weight excluding hydrogens is 378 g/mol. The third-order valence-corrected chi connectivity index (χ3v) is 4.34. The molecule has 2 aromatic carbocycles. The molecule has 0 aliphatic heterocycles. The lowest BCUT2D eigenvalue weighted by molar-refractivity contribution is -0.126. The second-order valence-corrected chi connectivity index (χ2v) is 7.00. The number of amides is 2. The van der Waals surface area contributed by atoms with Gasteiger partial charge in [0.25, 0.3) is 5.91 Å². The first-order valence-corrected chi connectivity index (χ1v) is 9.65. The van der Waals surface area contributed by atoms with Gasteiger partial charge in [0.15, 0.2) is 0 Å². The summed E-state index contributed by atoms with van der Waals surface area (Å²) in [6, 6.07) is 19.5. The molecule has 154 valence electrons. The van der Waals surface area contributed by atoms with Gasteiger partial charge in [-0.05, 0) is 32.3 Å². The van der Waals surface area contributed by atoms with E-state index in [0.29, 0.717) is 13.0 Å². The number of aromatic nitrogens is 2. The van der Waals surface area contributed by atoms with Crippen molar-refractivity contribution in [1.82, 2.24) is 25.5 Å². The average Bonchev–Trinajstić information content (AvgIpc) is 3.20. The monoisotopic (exact) mass is 403 g/mol. The first-order valence-electron chi connectivity index (χ1n) is 9.65. The molecule has 0 unspecified atom stereocenters. The Bertz CT molecular complexity index is 1010. The maximum Gasteiger partial charge on any atom is 0.262 e. The third kappa shape index (κ3) is 5.89. The van der Waals surface area contributed by atoms with Crippen LogP contribution in [0.25, 0.3) is 23.0 Å². The molecule has 0 bridgehead atoms. The zero-order chi connectivity index (χ0) is 21.3. The van der Waals surface area contributed by atoms with Crippen LogP contribution in [0.1, 0.15) is 12.0 Å². The summed E-state index contributed by atoms with van der Waals surface area (Å²) in [4.78, 5) is 25.8. The predicted octanol–water partition coefficient (Wildman–Crippen LogP) is 2.65. The number of carbonyl (C=O) groups excluding carboxylic acids is 2. The Morgan fingerprint density at radius 1 is 1.00 bits per heavy atom. The van der Waals surface area contributed by atoms with Gasteiger partial charge in [0.1, 0.15) is 0 Å². The largest absolute Gasteiger partial charge is 0.309 e. The summed E-state index contributed by atoms with van der Waals surface area (Å²) in [6.07, 6.45) is 5.25. The lowest BCUT2D eigenvalue weighted by Gasteiger charge is -2.09. The van der Waals surface area contributed by atoms with E-state index >= 15 is 0 Å². The smallest absolute Gasteiger partial charge is 0.262 e. The van der Waals surface area contributed by atoms with E-state index in [1.54, 1.807) is 10.8 Å². The van der Waals surface area contributed by atoms with Crippen LogP contribution in [0.2, 0.25) is 0 Å². The molecule has 0 saturated heterocycles. The molecule has 0 aliphatic rings. The van der Waals surface area contributed by atoms with Gasteiger partial charge in [-0.3, -0.25) is 20.4 Å². The summed E-state index contributed by atoms with van der Waals surface area (Å²) < 4.78 is 1.78. The molecule has 2 amide bonds. The Labute approximate surface area is 176 Å². The summed E-state index contributed by atoms with van der Waals surface area (Å²) in [5, 5.41) is 4.70. The number of carbonyl (C=O) groups is 2. The summed E-state index contributed by atoms with van der Waals surface area (Å²) in [6.45, 7) is 0.608. The maximum atomic E-state index is 12.1. The number of nitrogens with zero attached hydrogens (tertiary/aromatic N) is 3.